The molecule has 1 N–H and O–H groups in total. The molecule has 0 aromatic carbocycles. The maximum Gasteiger partial charge on any atom is 0.427 e. The van der Waals surface area contributed by atoms with E-state index in [1.165, 1.54) is 23.2 Å². The first kappa shape index (κ1) is 21.5. The molecule has 1 unspecified atom stereocenters. The molecule has 29 heavy (non-hydrogen) atoms. The number of rotatable bonds is 5. The highest BCUT2D eigenvalue weighted by molar-refractivity contribution is 5.68. The summed E-state index contributed by atoms with van der Waals surface area (Å²) in [6.45, 7) is -0.808. The number of aliphatic hydroxyl groups is 1. The fraction of sp³-hybridized carbons (Fsp3) is 0.667. The number of amides is 1. The van der Waals surface area contributed by atoms with Gasteiger partial charge in [0.15, 0.2) is 0 Å². The van der Waals surface area contributed by atoms with Gasteiger partial charge in [0.2, 0.25) is 6.10 Å². The third-order valence-electron chi connectivity index (χ3n) is 5.46. The van der Waals surface area contributed by atoms with E-state index in [0.717, 1.165) is 0 Å². The number of pyridine rings is 1. The number of halogens is 5. The van der Waals surface area contributed by atoms with Gasteiger partial charge >= 0.3 is 12.3 Å². The maximum atomic E-state index is 12.6. The van der Waals surface area contributed by atoms with Crippen molar-refractivity contribution < 1.29 is 41.3 Å². The minimum Gasteiger partial charge on any atom is -0.489 e. The topological polar surface area (TPSA) is 71.9 Å². The lowest BCUT2D eigenvalue weighted by atomic mass is 9.61. The van der Waals surface area contributed by atoms with E-state index in [4.69, 9.17) is 9.84 Å². The molecule has 1 aliphatic carbocycles. The average molecular weight is 424 g/mol. The molecule has 1 aliphatic heterocycles. The molecule has 3 rings (SSSR count). The van der Waals surface area contributed by atoms with E-state index in [1.807, 2.05) is 0 Å². The normalized spacial score (nSPS) is 20.4. The van der Waals surface area contributed by atoms with Crippen LogP contribution < -0.4 is 4.74 Å². The molecule has 6 nitrogen and oxygen atoms in total. The Morgan fingerprint density at radius 2 is 1.93 bits per heavy atom. The molecule has 1 saturated heterocycles. The van der Waals surface area contributed by atoms with Gasteiger partial charge < -0.3 is 19.5 Å². The average Bonchev–Trinajstić information content (AvgIpc) is 2.64. The monoisotopic (exact) mass is 424 g/mol. The minimum absolute atomic E-state index is 0.0573. The quantitative estimate of drug-likeness (QED) is 0.730. The zero-order valence-corrected chi connectivity index (χ0v) is 15.4. The van der Waals surface area contributed by atoms with Crippen molar-refractivity contribution in [2.45, 2.75) is 50.5 Å². The van der Waals surface area contributed by atoms with Gasteiger partial charge in [-0.25, -0.2) is 13.6 Å². The lowest BCUT2D eigenvalue weighted by Gasteiger charge is -2.51. The van der Waals surface area contributed by atoms with E-state index in [-0.39, 0.29) is 30.3 Å². The Morgan fingerprint density at radius 3 is 2.41 bits per heavy atom. The first-order valence-electron chi connectivity index (χ1n) is 9.16. The molecule has 0 radical (unpaired) electrons. The Morgan fingerprint density at radius 1 is 1.28 bits per heavy atom. The predicted octanol–water partition coefficient (Wildman–Crippen LogP) is 3.70. The van der Waals surface area contributed by atoms with Crippen molar-refractivity contribution in [3.63, 3.8) is 0 Å². The first-order valence-corrected chi connectivity index (χ1v) is 9.16. The molecule has 2 aliphatic rings. The van der Waals surface area contributed by atoms with Crippen molar-refractivity contribution in [3.8, 4) is 5.75 Å². The Balaban J connectivity index is 1.44. The fourth-order valence-corrected chi connectivity index (χ4v) is 3.75. The SMILES string of the molecule is O=C(OC(CO)C(F)(F)F)N1CCC2(CC1)CC(Oc1ccc(C(F)F)nc1)C2. The molecular weight excluding hydrogens is 403 g/mol. The summed E-state index contributed by atoms with van der Waals surface area (Å²) in [6, 6.07) is 2.65. The molecule has 1 aromatic heterocycles. The van der Waals surface area contributed by atoms with Crippen molar-refractivity contribution in [2.24, 2.45) is 5.41 Å². The second kappa shape index (κ2) is 8.29. The van der Waals surface area contributed by atoms with Crippen LogP contribution in [0.2, 0.25) is 0 Å². The van der Waals surface area contributed by atoms with Crippen molar-refractivity contribution in [3.05, 3.63) is 24.0 Å². The Labute approximate surface area is 163 Å². The molecule has 0 bridgehead atoms. The lowest BCUT2D eigenvalue weighted by molar-refractivity contribution is -0.215. The van der Waals surface area contributed by atoms with Gasteiger partial charge in [-0.3, -0.25) is 4.98 Å². The summed E-state index contributed by atoms with van der Waals surface area (Å²) in [6.07, 6.45) is -7.33. The fourth-order valence-electron chi connectivity index (χ4n) is 3.75. The number of aromatic nitrogens is 1. The van der Waals surface area contributed by atoms with Crippen LogP contribution in [0.5, 0.6) is 5.75 Å². The lowest BCUT2D eigenvalue weighted by Crippen LogP contribution is -2.52. The summed E-state index contributed by atoms with van der Waals surface area (Å²) in [5, 5.41) is 8.76. The van der Waals surface area contributed by atoms with E-state index in [1.54, 1.807) is 0 Å². The number of alkyl halides is 5. The second-order valence-corrected chi connectivity index (χ2v) is 7.45. The summed E-state index contributed by atoms with van der Waals surface area (Å²) in [5.74, 6) is 0.400. The number of piperidine rings is 1. The van der Waals surface area contributed by atoms with Gasteiger partial charge in [0.1, 0.15) is 11.4 Å². The largest absolute Gasteiger partial charge is 0.489 e. The highest BCUT2D eigenvalue weighted by Gasteiger charge is 2.49. The molecule has 1 spiro atoms. The second-order valence-electron chi connectivity index (χ2n) is 7.45. The van der Waals surface area contributed by atoms with Crippen LogP contribution in [0, 0.1) is 5.41 Å². The standard InChI is InChI=1S/C18H21F5N2O4/c19-15(20)13-2-1-11(9-24-13)28-12-7-17(8-12)3-5-25(6-4-17)16(27)29-14(10-26)18(21,22)23/h1-2,9,12,14-15,26H,3-8,10H2. The van der Waals surface area contributed by atoms with Gasteiger partial charge in [-0.2, -0.15) is 13.2 Å². The van der Waals surface area contributed by atoms with E-state index < -0.39 is 31.4 Å². The van der Waals surface area contributed by atoms with Gasteiger partial charge in [0, 0.05) is 13.1 Å². The Hall–Kier alpha value is -2.17. The number of hydrogen-bond acceptors (Lipinski definition) is 5. The number of ether oxygens (including phenoxy) is 2. The van der Waals surface area contributed by atoms with Crippen LogP contribution in [-0.4, -0.2) is 59.2 Å². The summed E-state index contributed by atoms with van der Waals surface area (Å²) in [4.78, 5) is 16.8. The van der Waals surface area contributed by atoms with E-state index in [2.05, 4.69) is 9.72 Å². The maximum absolute atomic E-state index is 12.6. The molecule has 1 aromatic rings. The van der Waals surface area contributed by atoms with E-state index in [0.29, 0.717) is 31.4 Å². The van der Waals surface area contributed by atoms with Crippen LogP contribution in [0.1, 0.15) is 37.8 Å². The number of aliphatic hydroxyl groups excluding tert-OH is 1. The Kier molecular flexibility index (Phi) is 6.16. The molecular formula is C18H21F5N2O4. The predicted molar refractivity (Wildman–Crippen MR) is 89.5 cm³/mol. The Bertz CT molecular complexity index is 697. The first-order chi connectivity index (χ1) is 13.6. The highest BCUT2D eigenvalue weighted by Crippen LogP contribution is 2.50. The smallest absolute Gasteiger partial charge is 0.427 e. The van der Waals surface area contributed by atoms with Crippen LogP contribution >= 0.6 is 0 Å². The summed E-state index contributed by atoms with van der Waals surface area (Å²) >= 11 is 0. The van der Waals surface area contributed by atoms with Crippen molar-refractivity contribution >= 4 is 6.09 Å². The summed E-state index contributed by atoms with van der Waals surface area (Å²) in [5.41, 5.74) is -0.381. The van der Waals surface area contributed by atoms with Gasteiger partial charge in [-0.05, 0) is 43.2 Å². The summed E-state index contributed by atoms with van der Waals surface area (Å²) in [7, 11) is 0. The van der Waals surface area contributed by atoms with Gasteiger partial charge in [0.05, 0.1) is 18.9 Å². The van der Waals surface area contributed by atoms with Crippen LogP contribution in [0.25, 0.3) is 0 Å². The number of likely N-dealkylation sites (tertiary alicyclic amines) is 1. The zero-order chi connectivity index (χ0) is 21.2. The molecule has 1 amide bonds. The van der Waals surface area contributed by atoms with Crippen molar-refractivity contribution in [2.75, 3.05) is 19.7 Å². The number of hydrogen-bond donors (Lipinski definition) is 1. The number of carbonyl (C=O) groups is 1. The van der Waals surface area contributed by atoms with Crippen LogP contribution in [0.3, 0.4) is 0 Å². The molecule has 1 saturated carbocycles. The summed E-state index contributed by atoms with van der Waals surface area (Å²) < 4.78 is 72.9. The molecule has 1 atom stereocenters. The van der Waals surface area contributed by atoms with Gasteiger partial charge in [-0.15, -0.1) is 0 Å². The molecule has 2 heterocycles. The van der Waals surface area contributed by atoms with Crippen molar-refractivity contribution in [1.29, 1.82) is 0 Å². The highest BCUT2D eigenvalue weighted by atomic mass is 19.4. The molecule has 11 heteroatoms. The third kappa shape index (κ3) is 5.06. The third-order valence-corrected chi connectivity index (χ3v) is 5.46. The zero-order valence-electron chi connectivity index (χ0n) is 15.4. The van der Waals surface area contributed by atoms with Crippen LogP contribution in [-0.2, 0) is 4.74 Å². The number of nitrogens with zero attached hydrogens (tertiary/aromatic N) is 2. The van der Waals surface area contributed by atoms with E-state index in [9.17, 15) is 26.7 Å². The van der Waals surface area contributed by atoms with Gasteiger partial charge in [-0.1, -0.05) is 0 Å². The van der Waals surface area contributed by atoms with Crippen molar-refractivity contribution in [1.82, 2.24) is 9.88 Å². The molecule has 2 fully saturated rings. The van der Waals surface area contributed by atoms with E-state index >= 15 is 0 Å². The number of carbonyl (C=O) groups excluding carboxylic acids is 1. The van der Waals surface area contributed by atoms with Gasteiger partial charge in [0.25, 0.3) is 6.43 Å². The molecule has 162 valence electrons. The minimum atomic E-state index is -4.82. The van der Waals surface area contributed by atoms with Crippen LogP contribution in [0.15, 0.2) is 18.3 Å². The van der Waals surface area contributed by atoms with Crippen LogP contribution in [0.4, 0.5) is 26.7 Å².